The number of amides is 1. The molecule has 1 aliphatic heterocycles. The molecule has 0 bridgehead atoms. The SMILES string of the molecule is CC1CCCC(NC(=O)CN2CCN(c3ncnc4sc5c(c34)CCC5)CC2)C1. The van der Waals surface area contributed by atoms with Crippen molar-refractivity contribution in [3.8, 4) is 0 Å². The molecule has 3 heterocycles. The highest BCUT2D eigenvalue weighted by Crippen LogP contribution is 2.40. The van der Waals surface area contributed by atoms with Crippen LogP contribution in [0.15, 0.2) is 6.33 Å². The molecule has 2 aliphatic carbocycles. The number of carbonyl (C=O) groups excluding carboxylic acids is 1. The third-order valence-corrected chi connectivity index (χ3v) is 8.02. The lowest BCUT2D eigenvalue weighted by Crippen LogP contribution is -2.51. The molecule has 156 valence electrons. The predicted molar refractivity (Wildman–Crippen MR) is 118 cm³/mol. The third-order valence-electron chi connectivity index (χ3n) is 6.82. The lowest BCUT2D eigenvalue weighted by Gasteiger charge is -2.36. The average molecular weight is 414 g/mol. The fraction of sp³-hybridized carbons (Fsp3) is 0.682. The van der Waals surface area contributed by atoms with E-state index in [4.69, 9.17) is 0 Å². The topological polar surface area (TPSA) is 61.4 Å². The van der Waals surface area contributed by atoms with Crippen molar-refractivity contribution in [2.75, 3.05) is 37.6 Å². The first-order valence-electron chi connectivity index (χ1n) is 11.2. The molecule has 5 rings (SSSR count). The Morgan fingerprint density at radius 3 is 2.86 bits per heavy atom. The Hall–Kier alpha value is -1.73. The fourth-order valence-corrected chi connectivity index (χ4v) is 6.53. The summed E-state index contributed by atoms with van der Waals surface area (Å²) in [6.07, 6.45) is 10.1. The summed E-state index contributed by atoms with van der Waals surface area (Å²) in [7, 11) is 0. The number of thiophene rings is 1. The zero-order chi connectivity index (χ0) is 19.8. The number of hydrogen-bond acceptors (Lipinski definition) is 6. The van der Waals surface area contributed by atoms with Crippen molar-refractivity contribution in [3.05, 3.63) is 16.8 Å². The molecule has 1 saturated carbocycles. The number of nitrogens with one attached hydrogen (secondary N) is 1. The number of rotatable bonds is 4. The van der Waals surface area contributed by atoms with Crippen molar-refractivity contribution in [1.82, 2.24) is 20.2 Å². The van der Waals surface area contributed by atoms with Crippen LogP contribution in [0.3, 0.4) is 0 Å². The molecule has 2 aromatic rings. The first-order valence-corrected chi connectivity index (χ1v) is 12.0. The number of aryl methyl sites for hydroxylation is 2. The van der Waals surface area contributed by atoms with Gasteiger partial charge in [0.1, 0.15) is 17.0 Å². The van der Waals surface area contributed by atoms with Gasteiger partial charge in [-0.3, -0.25) is 9.69 Å². The Bertz CT molecular complexity index is 889. The smallest absolute Gasteiger partial charge is 0.234 e. The van der Waals surface area contributed by atoms with Crippen LogP contribution in [-0.4, -0.2) is 59.5 Å². The summed E-state index contributed by atoms with van der Waals surface area (Å²) in [6, 6.07) is 0.377. The van der Waals surface area contributed by atoms with E-state index in [0.717, 1.165) is 62.0 Å². The first-order chi connectivity index (χ1) is 14.2. The van der Waals surface area contributed by atoms with Gasteiger partial charge < -0.3 is 10.2 Å². The minimum Gasteiger partial charge on any atom is -0.353 e. The van der Waals surface area contributed by atoms with Gasteiger partial charge in [-0.15, -0.1) is 11.3 Å². The maximum Gasteiger partial charge on any atom is 0.234 e. The maximum absolute atomic E-state index is 12.5. The molecule has 2 aromatic heterocycles. The highest BCUT2D eigenvalue weighted by atomic mass is 32.1. The summed E-state index contributed by atoms with van der Waals surface area (Å²) in [4.78, 5) is 29.1. The van der Waals surface area contributed by atoms with Crippen molar-refractivity contribution in [1.29, 1.82) is 0 Å². The van der Waals surface area contributed by atoms with Gasteiger partial charge in [-0.05, 0) is 43.6 Å². The van der Waals surface area contributed by atoms with Crippen LogP contribution in [0.4, 0.5) is 5.82 Å². The second-order valence-corrected chi connectivity index (χ2v) is 10.1. The van der Waals surface area contributed by atoms with Crippen LogP contribution in [0, 0.1) is 5.92 Å². The monoisotopic (exact) mass is 413 g/mol. The number of nitrogens with zero attached hydrogens (tertiary/aromatic N) is 4. The Labute approximate surface area is 176 Å². The van der Waals surface area contributed by atoms with Gasteiger partial charge in [0.15, 0.2) is 0 Å². The molecule has 1 N–H and O–H groups in total. The predicted octanol–water partition coefficient (Wildman–Crippen LogP) is 3.00. The summed E-state index contributed by atoms with van der Waals surface area (Å²) in [5.41, 5.74) is 1.49. The van der Waals surface area contributed by atoms with E-state index >= 15 is 0 Å². The van der Waals surface area contributed by atoms with Crippen LogP contribution in [0.5, 0.6) is 0 Å². The molecule has 2 fully saturated rings. The van der Waals surface area contributed by atoms with Crippen LogP contribution in [-0.2, 0) is 17.6 Å². The first kappa shape index (κ1) is 19.2. The van der Waals surface area contributed by atoms with E-state index in [0.29, 0.717) is 12.6 Å². The second-order valence-electron chi connectivity index (χ2n) is 9.03. The van der Waals surface area contributed by atoms with Crippen molar-refractivity contribution >= 4 is 33.3 Å². The summed E-state index contributed by atoms with van der Waals surface area (Å²) < 4.78 is 0. The molecule has 2 unspecified atom stereocenters. The van der Waals surface area contributed by atoms with Crippen molar-refractivity contribution in [2.24, 2.45) is 5.92 Å². The molecule has 0 aromatic carbocycles. The average Bonchev–Trinajstić information content (AvgIpc) is 3.29. The molecule has 1 amide bonds. The largest absolute Gasteiger partial charge is 0.353 e. The van der Waals surface area contributed by atoms with Gasteiger partial charge in [-0.25, -0.2) is 9.97 Å². The molecule has 2 atom stereocenters. The number of anilines is 1. The van der Waals surface area contributed by atoms with E-state index in [1.807, 2.05) is 11.3 Å². The highest BCUT2D eigenvalue weighted by Gasteiger charge is 2.27. The Kier molecular flexibility index (Phi) is 5.43. The van der Waals surface area contributed by atoms with Crippen molar-refractivity contribution < 1.29 is 4.79 Å². The normalized spacial score (nSPS) is 25.3. The second kappa shape index (κ2) is 8.19. The lowest BCUT2D eigenvalue weighted by molar-refractivity contribution is -0.123. The molecule has 29 heavy (non-hydrogen) atoms. The van der Waals surface area contributed by atoms with Crippen LogP contribution in [0.2, 0.25) is 0 Å². The zero-order valence-electron chi connectivity index (χ0n) is 17.3. The molecule has 0 radical (unpaired) electrons. The lowest BCUT2D eigenvalue weighted by atomic mass is 9.87. The number of aromatic nitrogens is 2. The molecule has 3 aliphatic rings. The Morgan fingerprint density at radius 1 is 1.17 bits per heavy atom. The van der Waals surface area contributed by atoms with Crippen LogP contribution < -0.4 is 10.2 Å². The quantitative estimate of drug-likeness (QED) is 0.835. The molecular formula is C22H31N5OS. The van der Waals surface area contributed by atoms with Gasteiger partial charge in [0.25, 0.3) is 0 Å². The van der Waals surface area contributed by atoms with Crippen molar-refractivity contribution in [2.45, 2.75) is 57.9 Å². The van der Waals surface area contributed by atoms with Crippen LogP contribution in [0.1, 0.15) is 49.5 Å². The Morgan fingerprint density at radius 2 is 2.03 bits per heavy atom. The molecule has 1 saturated heterocycles. The van der Waals surface area contributed by atoms with Crippen molar-refractivity contribution in [3.63, 3.8) is 0 Å². The van der Waals surface area contributed by atoms with E-state index in [1.165, 1.54) is 41.5 Å². The molecule has 6 nitrogen and oxygen atoms in total. The van der Waals surface area contributed by atoms with E-state index in [1.54, 1.807) is 6.33 Å². The van der Waals surface area contributed by atoms with E-state index in [-0.39, 0.29) is 5.91 Å². The summed E-state index contributed by atoms with van der Waals surface area (Å²) in [5, 5.41) is 4.57. The number of piperazine rings is 1. The fourth-order valence-electron chi connectivity index (χ4n) is 5.31. The minimum atomic E-state index is 0.192. The van der Waals surface area contributed by atoms with Crippen LogP contribution in [0.25, 0.3) is 10.2 Å². The molecule has 7 heteroatoms. The Balaban J connectivity index is 1.19. The summed E-state index contributed by atoms with van der Waals surface area (Å²) in [5.74, 6) is 2.04. The van der Waals surface area contributed by atoms with Gasteiger partial charge in [-0.1, -0.05) is 19.8 Å². The third kappa shape index (κ3) is 3.99. The molecular weight excluding hydrogens is 382 g/mol. The van der Waals surface area contributed by atoms with Gasteiger partial charge >= 0.3 is 0 Å². The minimum absolute atomic E-state index is 0.192. The van der Waals surface area contributed by atoms with Gasteiger partial charge in [-0.2, -0.15) is 0 Å². The number of hydrogen-bond donors (Lipinski definition) is 1. The number of fused-ring (bicyclic) bond motifs is 3. The number of carbonyl (C=O) groups is 1. The standard InChI is InChI=1S/C22H31N5OS/c1-15-4-2-5-16(12-15)25-19(28)13-26-8-10-27(11-9-26)21-20-17-6-3-7-18(17)29-22(20)24-14-23-21/h14-16H,2-13H2,1H3,(H,25,28). The van der Waals surface area contributed by atoms with E-state index < -0.39 is 0 Å². The van der Waals surface area contributed by atoms with Crippen LogP contribution >= 0.6 is 11.3 Å². The van der Waals surface area contributed by atoms with Gasteiger partial charge in [0.05, 0.1) is 11.9 Å². The summed E-state index contributed by atoms with van der Waals surface area (Å²) >= 11 is 1.85. The van der Waals surface area contributed by atoms with E-state index in [2.05, 4.69) is 32.0 Å². The highest BCUT2D eigenvalue weighted by molar-refractivity contribution is 7.19. The van der Waals surface area contributed by atoms with Gasteiger partial charge in [0.2, 0.25) is 5.91 Å². The summed E-state index contributed by atoms with van der Waals surface area (Å²) in [6.45, 7) is 6.48. The van der Waals surface area contributed by atoms with E-state index in [9.17, 15) is 4.79 Å². The maximum atomic E-state index is 12.5. The molecule has 0 spiro atoms. The van der Waals surface area contributed by atoms with Gasteiger partial charge in [0, 0.05) is 37.1 Å². The zero-order valence-corrected chi connectivity index (χ0v) is 18.1.